The van der Waals surface area contributed by atoms with Crippen molar-refractivity contribution in [2.45, 2.75) is 19.8 Å². The van der Waals surface area contributed by atoms with Crippen LogP contribution in [0.1, 0.15) is 25.3 Å². The second-order valence-corrected chi connectivity index (χ2v) is 3.15. The maximum Gasteiger partial charge on any atom is 0.0907 e. The molecule has 0 amide bonds. The fraction of sp³-hybridized carbons (Fsp3) is 0.333. The summed E-state index contributed by atoms with van der Waals surface area (Å²) in [6.45, 7) is 4.31. The van der Waals surface area contributed by atoms with Crippen LogP contribution in [0, 0.1) is 0 Å². The van der Waals surface area contributed by atoms with E-state index >= 15 is 0 Å². The van der Waals surface area contributed by atoms with Crippen LogP contribution in [0.5, 0.6) is 0 Å². The highest BCUT2D eigenvalue weighted by Gasteiger charge is 2.06. The summed E-state index contributed by atoms with van der Waals surface area (Å²) in [5.74, 6) is 0.506. The summed E-state index contributed by atoms with van der Waals surface area (Å²) in [7, 11) is 0. The van der Waals surface area contributed by atoms with E-state index in [9.17, 15) is 0 Å². The molecule has 0 saturated carbocycles. The van der Waals surface area contributed by atoms with Crippen LogP contribution in [-0.2, 0) is 0 Å². The third-order valence-electron chi connectivity index (χ3n) is 1.96. The molecule has 0 bridgehead atoms. The normalized spacial score (nSPS) is 11.2. The minimum Gasteiger partial charge on any atom is -0.159 e. The fourth-order valence-electron chi connectivity index (χ4n) is 1.30. The van der Waals surface area contributed by atoms with Gasteiger partial charge in [-0.1, -0.05) is 13.8 Å². The number of aromatic nitrogens is 3. The van der Waals surface area contributed by atoms with Crippen molar-refractivity contribution in [3.63, 3.8) is 0 Å². The van der Waals surface area contributed by atoms with Gasteiger partial charge >= 0.3 is 0 Å². The fourth-order valence-corrected chi connectivity index (χ4v) is 1.30. The topological polar surface area (TPSA) is 30.2 Å². The second-order valence-electron chi connectivity index (χ2n) is 3.15. The molecule has 0 aliphatic carbocycles. The molecule has 0 spiro atoms. The average Bonchev–Trinajstić information content (AvgIpc) is 2.47. The maximum atomic E-state index is 4.15. The van der Waals surface area contributed by atoms with Crippen molar-refractivity contribution < 1.29 is 0 Å². The minimum atomic E-state index is 0.506. The standard InChI is InChI=1S/C9H11N3/c1-7(2)8-6-11-12-9(8)4-3-5-10-12/h3-7H,1-2H3. The Morgan fingerprint density at radius 3 is 2.92 bits per heavy atom. The summed E-state index contributed by atoms with van der Waals surface area (Å²) in [5, 5.41) is 8.24. The van der Waals surface area contributed by atoms with E-state index in [0.29, 0.717) is 5.92 Å². The molecule has 12 heavy (non-hydrogen) atoms. The summed E-state index contributed by atoms with van der Waals surface area (Å²) in [6, 6.07) is 3.97. The zero-order valence-electron chi connectivity index (χ0n) is 7.23. The molecule has 2 aromatic rings. The SMILES string of the molecule is CC(C)c1cnn2ncccc12. The van der Waals surface area contributed by atoms with Gasteiger partial charge in [0.1, 0.15) is 0 Å². The van der Waals surface area contributed by atoms with E-state index in [1.807, 2.05) is 18.3 Å². The Bertz CT molecular complexity index is 389. The smallest absolute Gasteiger partial charge is 0.0907 e. The molecule has 0 N–H and O–H groups in total. The molecule has 0 atom stereocenters. The Labute approximate surface area is 71.0 Å². The van der Waals surface area contributed by atoms with Crippen LogP contribution in [0.4, 0.5) is 0 Å². The summed E-state index contributed by atoms with van der Waals surface area (Å²) in [4.78, 5) is 0. The first kappa shape index (κ1) is 7.28. The summed E-state index contributed by atoms with van der Waals surface area (Å²) in [6.07, 6.45) is 3.62. The molecule has 62 valence electrons. The summed E-state index contributed by atoms with van der Waals surface area (Å²) in [5.41, 5.74) is 2.36. The third-order valence-corrected chi connectivity index (χ3v) is 1.96. The highest BCUT2D eigenvalue weighted by Crippen LogP contribution is 2.18. The lowest BCUT2D eigenvalue weighted by Crippen LogP contribution is -1.91. The van der Waals surface area contributed by atoms with Crippen LogP contribution in [-0.4, -0.2) is 14.8 Å². The maximum absolute atomic E-state index is 4.15. The quantitative estimate of drug-likeness (QED) is 0.639. The Morgan fingerprint density at radius 2 is 2.17 bits per heavy atom. The first-order chi connectivity index (χ1) is 5.79. The summed E-state index contributed by atoms with van der Waals surface area (Å²) >= 11 is 0. The zero-order chi connectivity index (χ0) is 8.55. The van der Waals surface area contributed by atoms with E-state index in [0.717, 1.165) is 5.52 Å². The lowest BCUT2D eigenvalue weighted by atomic mass is 10.1. The van der Waals surface area contributed by atoms with Crippen LogP contribution in [0.3, 0.4) is 0 Å². The number of rotatable bonds is 1. The molecular formula is C9H11N3. The van der Waals surface area contributed by atoms with Gasteiger partial charge in [-0.05, 0) is 18.1 Å². The van der Waals surface area contributed by atoms with Gasteiger partial charge in [0, 0.05) is 11.8 Å². The zero-order valence-corrected chi connectivity index (χ0v) is 7.23. The average molecular weight is 161 g/mol. The van der Waals surface area contributed by atoms with Crippen LogP contribution in [0.25, 0.3) is 5.52 Å². The van der Waals surface area contributed by atoms with Crippen molar-refractivity contribution >= 4 is 5.52 Å². The Hall–Kier alpha value is -1.38. The van der Waals surface area contributed by atoms with Gasteiger partial charge in [0.15, 0.2) is 0 Å². The van der Waals surface area contributed by atoms with Gasteiger partial charge in [-0.15, -0.1) is 0 Å². The lowest BCUT2D eigenvalue weighted by Gasteiger charge is -1.99. The third kappa shape index (κ3) is 0.978. The molecule has 2 rings (SSSR count). The summed E-state index contributed by atoms with van der Waals surface area (Å²) < 4.78 is 1.66. The van der Waals surface area contributed by atoms with E-state index in [4.69, 9.17) is 0 Å². The number of nitrogens with zero attached hydrogens (tertiary/aromatic N) is 3. The molecular weight excluding hydrogens is 150 g/mol. The van der Waals surface area contributed by atoms with E-state index in [-0.39, 0.29) is 0 Å². The molecule has 2 aromatic heterocycles. The van der Waals surface area contributed by atoms with E-state index in [2.05, 4.69) is 24.0 Å². The number of hydrogen-bond donors (Lipinski definition) is 0. The van der Waals surface area contributed by atoms with Crippen LogP contribution >= 0.6 is 0 Å². The molecule has 0 aromatic carbocycles. The highest BCUT2D eigenvalue weighted by molar-refractivity contribution is 5.53. The first-order valence-electron chi connectivity index (χ1n) is 4.08. The van der Waals surface area contributed by atoms with Crippen molar-refractivity contribution in [2.75, 3.05) is 0 Å². The van der Waals surface area contributed by atoms with Gasteiger partial charge in [0.25, 0.3) is 0 Å². The van der Waals surface area contributed by atoms with Crippen LogP contribution in [0.2, 0.25) is 0 Å². The van der Waals surface area contributed by atoms with E-state index < -0.39 is 0 Å². The monoisotopic (exact) mass is 161 g/mol. The largest absolute Gasteiger partial charge is 0.159 e. The molecule has 0 saturated heterocycles. The highest BCUT2D eigenvalue weighted by atomic mass is 15.4. The molecule has 0 radical (unpaired) electrons. The Morgan fingerprint density at radius 1 is 1.33 bits per heavy atom. The number of fused-ring (bicyclic) bond motifs is 1. The van der Waals surface area contributed by atoms with Gasteiger partial charge in [-0.25, -0.2) is 0 Å². The van der Waals surface area contributed by atoms with Crippen molar-refractivity contribution in [1.82, 2.24) is 14.8 Å². The molecule has 0 aliphatic heterocycles. The minimum absolute atomic E-state index is 0.506. The van der Waals surface area contributed by atoms with Gasteiger partial charge in [-0.2, -0.15) is 14.8 Å². The molecule has 3 heteroatoms. The lowest BCUT2D eigenvalue weighted by molar-refractivity contribution is 0.799. The molecule has 2 heterocycles. The van der Waals surface area contributed by atoms with Gasteiger partial charge in [0.2, 0.25) is 0 Å². The van der Waals surface area contributed by atoms with Gasteiger partial charge in [-0.3, -0.25) is 0 Å². The molecule has 0 fully saturated rings. The molecule has 0 aliphatic rings. The Kier molecular flexibility index (Phi) is 1.57. The van der Waals surface area contributed by atoms with Crippen LogP contribution in [0.15, 0.2) is 24.5 Å². The Balaban J connectivity index is 2.70. The van der Waals surface area contributed by atoms with Crippen molar-refractivity contribution in [3.05, 3.63) is 30.1 Å². The van der Waals surface area contributed by atoms with Crippen LogP contribution < -0.4 is 0 Å². The van der Waals surface area contributed by atoms with Gasteiger partial charge < -0.3 is 0 Å². The number of hydrogen-bond acceptors (Lipinski definition) is 2. The van der Waals surface area contributed by atoms with E-state index in [1.165, 1.54) is 5.56 Å². The van der Waals surface area contributed by atoms with Gasteiger partial charge in [0.05, 0.1) is 11.7 Å². The van der Waals surface area contributed by atoms with Crippen molar-refractivity contribution in [2.24, 2.45) is 0 Å². The molecule has 3 nitrogen and oxygen atoms in total. The van der Waals surface area contributed by atoms with E-state index in [1.54, 1.807) is 10.8 Å². The van der Waals surface area contributed by atoms with Crippen molar-refractivity contribution in [1.29, 1.82) is 0 Å². The second kappa shape index (κ2) is 2.59. The van der Waals surface area contributed by atoms with Crippen molar-refractivity contribution in [3.8, 4) is 0 Å². The predicted octanol–water partition coefficient (Wildman–Crippen LogP) is 1.85. The predicted molar refractivity (Wildman–Crippen MR) is 47.1 cm³/mol. The first-order valence-corrected chi connectivity index (χ1v) is 4.08. The molecule has 0 unspecified atom stereocenters.